The van der Waals surface area contributed by atoms with E-state index in [1.54, 1.807) is 0 Å². The monoisotopic (exact) mass is 236 g/mol. The van der Waals surface area contributed by atoms with Crippen molar-refractivity contribution in [2.45, 2.75) is 26.7 Å². The molecule has 0 atom stereocenters. The van der Waals surface area contributed by atoms with Crippen LogP contribution in [0.25, 0.3) is 0 Å². The molecule has 0 saturated heterocycles. The van der Waals surface area contributed by atoms with Gasteiger partial charge < -0.3 is 15.8 Å². The van der Waals surface area contributed by atoms with E-state index in [0.717, 1.165) is 17.7 Å². The number of aryl methyl sites for hydroxylation is 1. The maximum atomic E-state index is 11.5. The van der Waals surface area contributed by atoms with E-state index >= 15 is 0 Å². The van der Waals surface area contributed by atoms with E-state index in [9.17, 15) is 4.79 Å². The summed E-state index contributed by atoms with van der Waals surface area (Å²) in [5.41, 5.74) is 7.15. The van der Waals surface area contributed by atoms with Crippen LogP contribution in [-0.4, -0.2) is 19.1 Å². The predicted octanol–water partition coefficient (Wildman–Crippen LogP) is 2.07. The highest BCUT2D eigenvalue weighted by Gasteiger charge is 2.07. The Labute approximate surface area is 102 Å². The molecule has 94 valence electrons. The Kier molecular flexibility index (Phi) is 5.49. The van der Waals surface area contributed by atoms with Crippen molar-refractivity contribution < 1.29 is 9.53 Å². The van der Waals surface area contributed by atoms with Crippen molar-refractivity contribution in [3.63, 3.8) is 0 Å². The van der Waals surface area contributed by atoms with Crippen LogP contribution in [0.3, 0.4) is 0 Å². The number of ether oxygens (including phenoxy) is 1. The van der Waals surface area contributed by atoms with Gasteiger partial charge in [-0.25, -0.2) is 0 Å². The summed E-state index contributed by atoms with van der Waals surface area (Å²) in [4.78, 5) is 11.5. The topological polar surface area (TPSA) is 64.3 Å². The Morgan fingerprint density at radius 2 is 2.24 bits per heavy atom. The lowest BCUT2D eigenvalue weighted by molar-refractivity contribution is -0.116. The second-order valence-corrected chi connectivity index (χ2v) is 3.93. The van der Waals surface area contributed by atoms with Gasteiger partial charge in [0.1, 0.15) is 5.75 Å². The molecule has 1 aromatic rings. The van der Waals surface area contributed by atoms with Crippen LogP contribution in [-0.2, 0) is 4.79 Å². The number of rotatable bonds is 6. The van der Waals surface area contributed by atoms with Crippen LogP contribution in [0.2, 0.25) is 0 Å². The van der Waals surface area contributed by atoms with Crippen LogP contribution in [0.4, 0.5) is 5.69 Å². The van der Waals surface area contributed by atoms with Crippen molar-refractivity contribution in [1.82, 2.24) is 0 Å². The van der Waals surface area contributed by atoms with E-state index in [2.05, 4.69) is 5.32 Å². The first-order valence-electron chi connectivity index (χ1n) is 5.90. The molecule has 1 rings (SSSR count). The first-order chi connectivity index (χ1) is 8.17. The summed E-state index contributed by atoms with van der Waals surface area (Å²) < 4.78 is 5.60. The summed E-state index contributed by atoms with van der Waals surface area (Å²) in [7, 11) is 0. The van der Waals surface area contributed by atoms with Gasteiger partial charge in [0, 0.05) is 13.0 Å². The molecular formula is C13H20N2O2. The number of nitrogens with two attached hydrogens (primary N) is 1. The van der Waals surface area contributed by atoms with Gasteiger partial charge in [0.25, 0.3) is 0 Å². The number of carbonyl (C=O) groups is 1. The van der Waals surface area contributed by atoms with Crippen molar-refractivity contribution in [2.24, 2.45) is 5.73 Å². The van der Waals surface area contributed by atoms with Gasteiger partial charge in [-0.3, -0.25) is 4.79 Å². The molecule has 0 fully saturated rings. The zero-order chi connectivity index (χ0) is 12.7. The van der Waals surface area contributed by atoms with Crippen molar-refractivity contribution in [3.05, 3.63) is 23.8 Å². The van der Waals surface area contributed by atoms with Crippen LogP contribution >= 0.6 is 0 Å². The molecule has 0 aliphatic carbocycles. The van der Waals surface area contributed by atoms with Gasteiger partial charge in [0.05, 0.1) is 12.3 Å². The summed E-state index contributed by atoms with van der Waals surface area (Å²) in [6.45, 7) is 5.03. The second-order valence-electron chi connectivity index (χ2n) is 3.93. The van der Waals surface area contributed by atoms with Gasteiger partial charge in [-0.05, 0) is 31.0 Å². The third-order valence-corrected chi connectivity index (χ3v) is 2.24. The second kappa shape index (κ2) is 6.91. The van der Waals surface area contributed by atoms with E-state index in [4.69, 9.17) is 10.5 Å². The van der Waals surface area contributed by atoms with Crippen LogP contribution in [0.15, 0.2) is 18.2 Å². The molecule has 0 aromatic heterocycles. The molecule has 0 heterocycles. The molecular weight excluding hydrogens is 216 g/mol. The highest BCUT2D eigenvalue weighted by atomic mass is 16.5. The zero-order valence-electron chi connectivity index (χ0n) is 10.5. The summed E-state index contributed by atoms with van der Waals surface area (Å²) in [5, 5.41) is 2.80. The molecule has 0 bridgehead atoms. The Morgan fingerprint density at radius 1 is 1.47 bits per heavy atom. The number of nitrogens with one attached hydrogen (secondary N) is 1. The molecule has 0 unspecified atom stereocenters. The van der Waals surface area contributed by atoms with Crippen LogP contribution in [0.1, 0.15) is 25.3 Å². The van der Waals surface area contributed by atoms with Crippen LogP contribution < -0.4 is 15.8 Å². The molecule has 4 heteroatoms. The van der Waals surface area contributed by atoms with Crippen molar-refractivity contribution in [1.29, 1.82) is 0 Å². The fourth-order valence-corrected chi connectivity index (χ4v) is 1.41. The van der Waals surface area contributed by atoms with Gasteiger partial charge in [-0.1, -0.05) is 13.0 Å². The van der Waals surface area contributed by atoms with Gasteiger partial charge in [-0.2, -0.15) is 0 Å². The van der Waals surface area contributed by atoms with Crippen molar-refractivity contribution in [2.75, 3.05) is 18.5 Å². The van der Waals surface area contributed by atoms with Crippen molar-refractivity contribution >= 4 is 11.6 Å². The molecule has 0 aliphatic rings. The van der Waals surface area contributed by atoms with Crippen LogP contribution in [0.5, 0.6) is 5.75 Å². The number of benzene rings is 1. The summed E-state index contributed by atoms with van der Waals surface area (Å²) >= 11 is 0. The fourth-order valence-electron chi connectivity index (χ4n) is 1.41. The van der Waals surface area contributed by atoms with Gasteiger partial charge in [0.2, 0.25) is 5.91 Å². The summed E-state index contributed by atoms with van der Waals surface area (Å²) in [6, 6.07) is 5.72. The maximum Gasteiger partial charge on any atom is 0.225 e. The Morgan fingerprint density at radius 3 is 2.88 bits per heavy atom. The van der Waals surface area contributed by atoms with Gasteiger partial charge in [0.15, 0.2) is 0 Å². The predicted molar refractivity (Wildman–Crippen MR) is 69.3 cm³/mol. The van der Waals surface area contributed by atoms with Crippen LogP contribution in [0, 0.1) is 6.92 Å². The third-order valence-electron chi connectivity index (χ3n) is 2.24. The van der Waals surface area contributed by atoms with Gasteiger partial charge >= 0.3 is 0 Å². The SMILES string of the molecule is CCCOc1cc(C)ccc1NC(=O)CCN. The lowest BCUT2D eigenvalue weighted by Gasteiger charge is -2.12. The summed E-state index contributed by atoms with van der Waals surface area (Å²) in [6.07, 6.45) is 1.26. The summed E-state index contributed by atoms with van der Waals surface area (Å²) in [5.74, 6) is 0.634. The minimum Gasteiger partial charge on any atom is -0.491 e. The van der Waals surface area contributed by atoms with E-state index in [-0.39, 0.29) is 5.91 Å². The van der Waals surface area contributed by atoms with E-state index in [1.807, 2.05) is 32.0 Å². The smallest absolute Gasteiger partial charge is 0.225 e. The van der Waals surface area contributed by atoms with E-state index in [0.29, 0.717) is 25.3 Å². The first kappa shape index (κ1) is 13.5. The number of hydrogen-bond donors (Lipinski definition) is 2. The lowest BCUT2D eigenvalue weighted by atomic mass is 10.2. The Hall–Kier alpha value is -1.55. The molecule has 0 spiro atoms. The first-order valence-corrected chi connectivity index (χ1v) is 5.90. The molecule has 1 amide bonds. The molecule has 0 aliphatic heterocycles. The molecule has 3 N–H and O–H groups in total. The minimum absolute atomic E-state index is 0.0855. The van der Waals surface area contributed by atoms with E-state index < -0.39 is 0 Å². The lowest BCUT2D eigenvalue weighted by Crippen LogP contribution is -2.16. The van der Waals surface area contributed by atoms with Gasteiger partial charge in [-0.15, -0.1) is 0 Å². The minimum atomic E-state index is -0.0855. The maximum absolute atomic E-state index is 11.5. The number of amides is 1. The van der Waals surface area contributed by atoms with Crippen molar-refractivity contribution in [3.8, 4) is 5.75 Å². The highest BCUT2D eigenvalue weighted by Crippen LogP contribution is 2.26. The molecule has 4 nitrogen and oxygen atoms in total. The molecule has 0 saturated carbocycles. The quantitative estimate of drug-likeness (QED) is 0.794. The average Bonchev–Trinajstić information content (AvgIpc) is 2.30. The Balaban J connectivity index is 2.78. The number of hydrogen-bond acceptors (Lipinski definition) is 3. The number of carbonyl (C=O) groups excluding carboxylic acids is 1. The largest absolute Gasteiger partial charge is 0.491 e. The third kappa shape index (κ3) is 4.44. The molecule has 17 heavy (non-hydrogen) atoms. The zero-order valence-corrected chi connectivity index (χ0v) is 10.5. The standard InChI is InChI=1S/C13H20N2O2/c1-3-8-17-12-9-10(2)4-5-11(12)15-13(16)6-7-14/h4-5,9H,3,6-8,14H2,1-2H3,(H,15,16). The molecule has 0 radical (unpaired) electrons. The van der Waals surface area contributed by atoms with E-state index in [1.165, 1.54) is 0 Å². The highest BCUT2D eigenvalue weighted by molar-refractivity contribution is 5.92. The molecule has 1 aromatic carbocycles. The number of anilines is 1. The fraction of sp³-hybridized carbons (Fsp3) is 0.462. The normalized spacial score (nSPS) is 10.1. The average molecular weight is 236 g/mol. The Bertz CT molecular complexity index is 378.